The Labute approximate surface area is 182 Å². The number of nitrogens with zero attached hydrogens (tertiary/aromatic N) is 1. The van der Waals surface area contributed by atoms with Crippen LogP contribution in [0.4, 0.5) is 0 Å². The van der Waals surface area contributed by atoms with E-state index >= 15 is 0 Å². The number of benzene rings is 2. The first-order valence-electron chi connectivity index (χ1n) is 10.8. The van der Waals surface area contributed by atoms with Crippen molar-refractivity contribution in [3.05, 3.63) is 58.1 Å². The third kappa shape index (κ3) is 4.69. The van der Waals surface area contributed by atoms with Crippen LogP contribution in [-0.4, -0.2) is 30.6 Å². The second kappa shape index (κ2) is 8.86. The summed E-state index contributed by atoms with van der Waals surface area (Å²) in [6.45, 7) is 0. The summed E-state index contributed by atoms with van der Waals surface area (Å²) in [5, 5.41) is 21.1. The van der Waals surface area contributed by atoms with Gasteiger partial charge in [0.1, 0.15) is 11.5 Å². The molecule has 2 aliphatic rings. The quantitative estimate of drug-likeness (QED) is 0.503. The minimum atomic E-state index is -3.72. The fourth-order valence-electron chi connectivity index (χ4n) is 4.66. The van der Waals surface area contributed by atoms with Crippen LogP contribution < -0.4 is 4.74 Å². The van der Waals surface area contributed by atoms with Crippen molar-refractivity contribution in [3.63, 3.8) is 0 Å². The Morgan fingerprint density at radius 2 is 1.52 bits per heavy atom. The number of phenolic OH excluding ortho intramolecular Hbond substituents is 1. The third-order valence-corrected chi connectivity index (χ3v) is 8.25. The van der Waals surface area contributed by atoms with E-state index < -0.39 is 15.9 Å². The molecule has 2 saturated carbocycles. The molecule has 166 valence electrons. The van der Waals surface area contributed by atoms with Gasteiger partial charge in [-0.3, -0.25) is 10.1 Å². The number of nitro groups is 1. The van der Waals surface area contributed by atoms with Crippen molar-refractivity contribution < 1.29 is 23.2 Å². The van der Waals surface area contributed by atoms with Crippen LogP contribution in [0.25, 0.3) is 0 Å². The van der Waals surface area contributed by atoms with Gasteiger partial charge < -0.3 is 9.84 Å². The SMILES string of the molecule is O=[N+]([O-])C1CCC(Oc2ccc(S(=O)(=O)c3ccc(O)c(C4CCCC4)c3)cc2)CC1. The van der Waals surface area contributed by atoms with Crippen molar-refractivity contribution in [1.82, 2.24) is 0 Å². The van der Waals surface area contributed by atoms with Crippen molar-refractivity contribution in [3.8, 4) is 11.5 Å². The molecule has 31 heavy (non-hydrogen) atoms. The lowest BCUT2D eigenvalue weighted by atomic mass is 9.93. The molecule has 4 rings (SSSR count). The third-order valence-electron chi connectivity index (χ3n) is 6.48. The molecule has 1 N–H and O–H groups in total. The van der Waals surface area contributed by atoms with E-state index in [1.54, 1.807) is 18.2 Å². The highest BCUT2D eigenvalue weighted by Gasteiger charge is 2.29. The molecule has 0 unspecified atom stereocenters. The van der Waals surface area contributed by atoms with Crippen LogP contribution in [0.5, 0.6) is 11.5 Å². The molecule has 0 amide bonds. The molecule has 0 radical (unpaired) electrons. The zero-order valence-corrected chi connectivity index (χ0v) is 18.1. The minimum absolute atomic E-state index is 0.0928. The van der Waals surface area contributed by atoms with Crippen molar-refractivity contribution in [2.24, 2.45) is 0 Å². The van der Waals surface area contributed by atoms with E-state index in [9.17, 15) is 23.6 Å². The molecule has 7 nitrogen and oxygen atoms in total. The number of hydrogen-bond donors (Lipinski definition) is 1. The number of sulfone groups is 1. The van der Waals surface area contributed by atoms with Gasteiger partial charge in [-0.25, -0.2) is 8.42 Å². The van der Waals surface area contributed by atoms with Gasteiger partial charge in [0.05, 0.1) is 15.9 Å². The summed E-state index contributed by atoms with van der Waals surface area (Å²) >= 11 is 0. The largest absolute Gasteiger partial charge is 0.508 e. The summed E-state index contributed by atoms with van der Waals surface area (Å²) in [6, 6.07) is 10.3. The van der Waals surface area contributed by atoms with Crippen LogP contribution in [-0.2, 0) is 9.84 Å². The maximum Gasteiger partial charge on any atom is 0.213 e. The van der Waals surface area contributed by atoms with Gasteiger partial charge in [-0.05, 0) is 79.6 Å². The molecular formula is C23H27NO6S. The highest BCUT2D eigenvalue weighted by molar-refractivity contribution is 7.91. The predicted molar refractivity (Wildman–Crippen MR) is 115 cm³/mol. The second-order valence-corrected chi connectivity index (χ2v) is 10.5. The van der Waals surface area contributed by atoms with Gasteiger partial charge in [-0.15, -0.1) is 0 Å². The van der Waals surface area contributed by atoms with E-state index in [0.717, 1.165) is 25.7 Å². The summed E-state index contributed by atoms with van der Waals surface area (Å²) in [5.74, 6) is 0.915. The van der Waals surface area contributed by atoms with E-state index in [2.05, 4.69) is 0 Å². The zero-order chi connectivity index (χ0) is 22.0. The van der Waals surface area contributed by atoms with Gasteiger partial charge in [0.15, 0.2) is 0 Å². The molecule has 0 aliphatic heterocycles. The summed E-state index contributed by atoms with van der Waals surface area (Å²) in [6.07, 6.45) is 6.24. The van der Waals surface area contributed by atoms with Crippen molar-refractivity contribution in [1.29, 1.82) is 0 Å². The first-order chi connectivity index (χ1) is 14.8. The number of hydrogen-bond acceptors (Lipinski definition) is 6. The highest BCUT2D eigenvalue weighted by Crippen LogP contribution is 2.40. The van der Waals surface area contributed by atoms with Gasteiger partial charge >= 0.3 is 0 Å². The number of ether oxygens (including phenoxy) is 1. The second-order valence-electron chi connectivity index (χ2n) is 8.51. The van der Waals surface area contributed by atoms with Crippen molar-refractivity contribution >= 4 is 9.84 Å². The molecule has 2 aliphatic carbocycles. The van der Waals surface area contributed by atoms with Crippen LogP contribution in [0.1, 0.15) is 62.8 Å². The normalized spacial score (nSPS) is 22.3. The van der Waals surface area contributed by atoms with Crippen LogP contribution in [0, 0.1) is 10.1 Å². The van der Waals surface area contributed by atoms with E-state index in [4.69, 9.17) is 4.74 Å². The van der Waals surface area contributed by atoms with Crippen LogP contribution >= 0.6 is 0 Å². The summed E-state index contributed by atoms with van der Waals surface area (Å²) in [4.78, 5) is 11.0. The molecule has 2 fully saturated rings. The first-order valence-corrected chi connectivity index (χ1v) is 12.3. The topological polar surface area (TPSA) is 107 Å². The lowest BCUT2D eigenvalue weighted by molar-refractivity contribution is -0.527. The average molecular weight is 446 g/mol. The Hall–Kier alpha value is -2.61. The Kier molecular flexibility index (Phi) is 6.18. The molecule has 0 aromatic heterocycles. The lowest BCUT2D eigenvalue weighted by Gasteiger charge is -2.25. The van der Waals surface area contributed by atoms with Crippen molar-refractivity contribution in [2.75, 3.05) is 0 Å². The van der Waals surface area contributed by atoms with E-state index in [-0.39, 0.29) is 32.5 Å². The van der Waals surface area contributed by atoms with Gasteiger partial charge in [0, 0.05) is 17.8 Å². The summed E-state index contributed by atoms with van der Waals surface area (Å²) in [5.41, 5.74) is 0.712. The molecule has 0 bridgehead atoms. The van der Waals surface area contributed by atoms with Gasteiger partial charge in [-0.1, -0.05) is 12.8 Å². The van der Waals surface area contributed by atoms with Gasteiger partial charge in [0.2, 0.25) is 15.9 Å². The smallest absolute Gasteiger partial charge is 0.213 e. The number of aromatic hydroxyl groups is 1. The predicted octanol–water partition coefficient (Wildman–Crippen LogP) is 4.85. The fourth-order valence-corrected chi connectivity index (χ4v) is 5.96. The van der Waals surface area contributed by atoms with Gasteiger partial charge in [0.25, 0.3) is 0 Å². The molecule has 0 spiro atoms. The zero-order valence-electron chi connectivity index (χ0n) is 17.3. The van der Waals surface area contributed by atoms with E-state index in [1.807, 2.05) is 0 Å². The average Bonchev–Trinajstić information content (AvgIpc) is 3.29. The number of phenols is 1. The molecule has 2 aromatic rings. The monoisotopic (exact) mass is 445 g/mol. The van der Waals surface area contributed by atoms with Gasteiger partial charge in [-0.2, -0.15) is 0 Å². The molecule has 0 atom stereocenters. The van der Waals surface area contributed by atoms with Crippen LogP contribution in [0.2, 0.25) is 0 Å². The highest BCUT2D eigenvalue weighted by atomic mass is 32.2. The van der Waals surface area contributed by atoms with Crippen LogP contribution in [0.3, 0.4) is 0 Å². The fraction of sp³-hybridized carbons (Fsp3) is 0.478. The number of rotatable bonds is 6. The molecule has 0 heterocycles. The maximum absolute atomic E-state index is 13.1. The standard InChI is InChI=1S/C23H27NO6S/c25-23-14-13-21(15-22(23)16-3-1-2-4-16)31(28,29)20-11-9-19(10-12-20)30-18-7-5-17(6-8-18)24(26)27/h9-18,25H,1-8H2. The molecular weight excluding hydrogens is 418 g/mol. The Bertz CT molecular complexity index is 1040. The molecule has 2 aromatic carbocycles. The summed E-state index contributed by atoms with van der Waals surface area (Å²) < 4.78 is 32.2. The summed E-state index contributed by atoms with van der Waals surface area (Å²) in [7, 11) is -3.72. The lowest BCUT2D eigenvalue weighted by Crippen LogP contribution is -2.31. The Morgan fingerprint density at radius 1 is 0.903 bits per heavy atom. The van der Waals surface area contributed by atoms with Crippen molar-refractivity contribution in [2.45, 2.75) is 79.2 Å². The van der Waals surface area contributed by atoms with E-state index in [1.165, 1.54) is 24.3 Å². The molecule has 8 heteroatoms. The first kappa shape index (κ1) is 21.6. The Morgan fingerprint density at radius 3 is 2.13 bits per heavy atom. The maximum atomic E-state index is 13.1. The van der Waals surface area contributed by atoms with Crippen LogP contribution in [0.15, 0.2) is 52.3 Å². The molecule has 0 saturated heterocycles. The Balaban J connectivity index is 1.47. The van der Waals surface area contributed by atoms with E-state index in [0.29, 0.717) is 37.0 Å². The minimum Gasteiger partial charge on any atom is -0.508 e.